The Morgan fingerprint density at radius 2 is 1.95 bits per heavy atom. The number of ether oxygens (including phenoxy) is 1. The number of hydrogen-bond donors (Lipinski definition) is 2. The Kier molecular flexibility index (Phi) is 5.42. The Balaban J connectivity index is 1.98. The zero-order valence-electron chi connectivity index (χ0n) is 11.7. The topological polar surface area (TPSA) is 47.3 Å². The zero-order chi connectivity index (χ0) is 15.2. The molecule has 110 valence electrons. The lowest BCUT2D eigenvalue weighted by Gasteiger charge is -2.12. The molecule has 21 heavy (non-hydrogen) atoms. The molecule has 0 atom stereocenters. The van der Waals surface area contributed by atoms with Crippen LogP contribution in [0.5, 0.6) is 5.75 Å². The average Bonchev–Trinajstić information content (AvgIpc) is 2.49. The summed E-state index contributed by atoms with van der Waals surface area (Å²) in [5, 5.41) is 3.97. The van der Waals surface area contributed by atoms with Crippen LogP contribution in [-0.2, 0) is 6.42 Å². The number of benzene rings is 2. The lowest BCUT2D eigenvalue weighted by Crippen LogP contribution is -2.14. The van der Waals surface area contributed by atoms with Crippen LogP contribution in [0.25, 0.3) is 0 Å². The molecule has 5 heteroatoms. The molecule has 0 aliphatic heterocycles. The van der Waals surface area contributed by atoms with Gasteiger partial charge in [-0.25, -0.2) is 0 Å². The van der Waals surface area contributed by atoms with Crippen molar-refractivity contribution in [2.45, 2.75) is 6.42 Å². The summed E-state index contributed by atoms with van der Waals surface area (Å²) in [6.45, 7) is 0.781. The van der Waals surface area contributed by atoms with Crippen LogP contribution in [0.1, 0.15) is 11.1 Å². The summed E-state index contributed by atoms with van der Waals surface area (Å²) in [5.41, 5.74) is 8.62. The van der Waals surface area contributed by atoms with Crippen molar-refractivity contribution in [1.29, 1.82) is 0 Å². The van der Waals surface area contributed by atoms with Gasteiger partial charge in [0.2, 0.25) is 0 Å². The highest BCUT2D eigenvalue weighted by atomic mass is 35.5. The van der Waals surface area contributed by atoms with Gasteiger partial charge >= 0.3 is 0 Å². The molecular weight excluding hydrogens is 304 g/mol. The van der Waals surface area contributed by atoms with Gasteiger partial charge in [-0.1, -0.05) is 36.0 Å². The van der Waals surface area contributed by atoms with E-state index in [0.29, 0.717) is 10.0 Å². The number of nitrogens with one attached hydrogen (secondary N) is 1. The molecule has 0 aromatic heterocycles. The van der Waals surface area contributed by atoms with Crippen molar-refractivity contribution in [1.82, 2.24) is 0 Å². The number of rotatable bonds is 6. The normalized spacial score (nSPS) is 10.2. The molecule has 0 fully saturated rings. The molecule has 3 N–H and O–H groups in total. The third-order valence-electron chi connectivity index (χ3n) is 3.14. The standard InChI is InChI=1S/C16H17ClN2OS/c1-20-13-5-2-11(3-6-13)8-9-19-15-7-4-12(17)10-14(15)16(18)21/h2-7,10,19H,8-9H2,1H3,(H2,18,21). The number of methoxy groups -OCH3 is 1. The molecule has 0 saturated carbocycles. The van der Waals surface area contributed by atoms with Crippen LogP contribution in [0.15, 0.2) is 42.5 Å². The molecule has 0 saturated heterocycles. The fourth-order valence-corrected chi connectivity index (χ4v) is 2.35. The van der Waals surface area contributed by atoms with E-state index >= 15 is 0 Å². The minimum Gasteiger partial charge on any atom is -0.497 e. The van der Waals surface area contributed by atoms with E-state index in [1.807, 2.05) is 24.3 Å². The fraction of sp³-hybridized carbons (Fsp3) is 0.188. The maximum Gasteiger partial charge on any atom is 0.118 e. The van der Waals surface area contributed by atoms with Crippen molar-refractivity contribution >= 4 is 34.5 Å². The van der Waals surface area contributed by atoms with E-state index in [9.17, 15) is 0 Å². The fourth-order valence-electron chi connectivity index (χ4n) is 2.01. The van der Waals surface area contributed by atoms with Crippen molar-refractivity contribution in [3.05, 3.63) is 58.6 Å². The highest BCUT2D eigenvalue weighted by Gasteiger charge is 2.05. The predicted molar refractivity (Wildman–Crippen MR) is 92.5 cm³/mol. The molecular formula is C16H17ClN2OS. The smallest absolute Gasteiger partial charge is 0.118 e. The SMILES string of the molecule is COc1ccc(CCNc2ccc(Cl)cc2C(N)=S)cc1. The maximum absolute atomic E-state index is 5.96. The van der Waals surface area contributed by atoms with Gasteiger partial charge in [-0.3, -0.25) is 0 Å². The molecule has 0 radical (unpaired) electrons. The van der Waals surface area contributed by atoms with E-state index in [1.165, 1.54) is 5.56 Å². The Morgan fingerprint density at radius 3 is 2.57 bits per heavy atom. The van der Waals surface area contributed by atoms with Gasteiger partial charge in [0.25, 0.3) is 0 Å². The highest BCUT2D eigenvalue weighted by molar-refractivity contribution is 7.80. The molecule has 0 spiro atoms. The van der Waals surface area contributed by atoms with Gasteiger partial charge in [-0.2, -0.15) is 0 Å². The second-order valence-corrected chi connectivity index (χ2v) is 5.46. The van der Waals surface area contributed by atoms with Crippen molar-refractivity contribution in [2.75, 3.05) is 19.0 Å². The van der Waals surface area contributed by atoms with E-state index < -0.39 is 0 Å². The van der Waals surface area contributed by atoms with Gasteiger partial charge in [-0.15, -0.1) is 0 Å². The first-order valence-electron chi connectivity index (χ1n) is 6.56. The molecule has 0 unspecified atom stereocenters. The Bertz CT molecular complexity index is 629. The number of halogens is 1. The van der Waals surface area contributed by atoms with Crippen molar-refractivity contribution < 1.29 is 4.74 Å². The highest BCUT2D eigenvalue weighted by Crippen LogP contribution is 2.21. The molecule has 0 heterocycles. The summed E-state index contributed by atoms with van der Waals surface area (Å²) in [4.78, 5) is 0.337. The molecule has 2 rings (SSSR count). The van der Waals surface area contributed by atoms with Crippen LogP contribution >= 0.6 is 23.8 Å². The first-order valence-corrected chi connectivity index (χ1v) is 7.35. The lowest BCUT2D eigenvalue weighted by atomic mass is 10.1. The zero-order valence-corrected chi connectivity index (χ0v) is 13.3. The van der Waals surface area contributed by atoms with E-state index in [2.05, 4.69) is 17.4 Å². The third-order valence-corrected chi connectivity index (χ3v) is 3.59. The number of nitrogens with two attached hydrogens (primary N) is 1. The Morgan fingerprint density at radius 1 is 1.24 bits per heavy atom. The molecule has 0 aliphatic carbocycles. The Labute approximate surface area is 135 Å². The third kappa shape index (κ3) is 4.34. The summed E-state index contributed by atoms with van der Waals surface area (Å²) < 4.78 is 5.14. The quantitative estimate of drug-likeness (QED) is 0.798. The summed E-state index contributed by atoms with van der Waals surface area (Å²) in [7, 11) is 1.66. The minimum atomic E-state index is 0.337. The van der Waals surface area contributed by atoms with E-state index in [-0.39, 0.29) is 0 Å². The molecule has 3 nitrogen and oxygen atoms in total. The van der Waals surface area contributed by atoms with Gasteiger partial charge in [0.1, 0.15) is 10.7 Å². The van der Waals surface area contributed by atoms with Gasteiger partial charge < -0.3 is 15.8 Å². The molecule has 2 aromatic carbocycles. The molecule has 0 aliphatic rings. The van der Waals surface area contributed by atoms with Gasteiger partial charge in [0, 0.05) is 22.8 Å². The van der Waals surface area contributed by atoms with Crippen LogP contribution in [0.4, 0.5) is 5.69 Å². The van der Waals surface area contributed by atoms with Crippen molar-refractivity contribution in [2.24, 2.45) is 5.73 Å². The second kappa shape index (κ2) is 7.29. The summed E-state index contributed by atoms with van der Waals surface area (Å²) in [6, 6.07) is 13.5. The lowest BCUT2D eigenvalue weighted by molar-refractivity contribution is 0.414. The number of anilines is 1. The second-order valence-electron chi connectivity index (χ2n) is 4.58. The number of thiocarbonyl (C=S) groups is 1. The van der Waals surface area contributed by atoms with Crippen molar-refractivity contribution in [3.63, 3.8) is 0 Å². The van der Waals surface area contributed by atoms with Crippen LogP contribution in [0.2, 0.25) is 5.02 Å². The van der Waals surface area contributed by atoms with Crippen molar-refractivity contribution in [3.8, 4) is 5.75 Å². The molecule has 0 bridgehead atoms. The van der Waals surface area contributed by atoms with Gasteiger partial charge in [-0.05, 0) is 42.3 Å². The van der Waals surface area contributed by atoms with E-state index in [4.69, 9.17) is 34.3 Å². The van der Waals surface area contributed by atoms with Gasteiger partial charge in [0.15, 0.2) is 0 Å². The summed E-state index contributed by atoms with van der Waals surface area (Å²) >= 11 is 11.0. The first kappa shape index (κ1) is 15.6. The largest absolute Gasteiger partial charge is 0.497 e. The maximum atomic E-state index is 5.96. The molecule has 0 amide bonds. The minimum absolute atomic E-state index is 0.337. The van der Waals surface area contributed by atoms with Crippen LogP contribution in [0.3, 0.4) is 0 Å². The first-order chi connectivity index (χ1) is 10.1. The average molecular weight is 321 g/mol. The van der Waals surface area contributed by atoms with E-state index in [1.54, 1.807) is 13.2 Å². The van der Waals surface area contributed by atoms with E-state index in [0.717, 1.165) is 30.0 Å². The number of hydrogen-bond acceptors (Lipinski definition) is 3. The predicted octanol–water partition coefficient (Wildman–Crippen LogP) is 3.64. The van der Waals surface area contributed by atoms with Crippen LogP contribution in [0, 0.1) is 0 Å². The van der Waals surface area contributed by atoms with Crippen LogP contribution < -0.4 is 15.8 Å². The monoisotopic (exact) mass is 320 g/mol. The van der Waals surface area contributed by atoms with Gasteiger partial charge in [0.05, 0.1) is 7.11 Å². The summed E-state index contributed by atoms with van der Waals surface area (Å²) in [5.74, 6) is 0.861. The van der Waals surface area contributed by atoms with Crippen LogP contribution in [-0.4, -0.2) is 18.6 Å². The Hall–Kier alpha value is -1.78. The summed E-state index contributed by atoms with van der Waals surface area (Å²) in [6.07, 6.45) is 0.892. The molecule has 2 aromatic rings.